The highest BCUT2D eigenvalue weighted by Crippen LogP contribution is 2.24. The number of aliphatic carboxylic acids is 1. The quantitative estimate of drug-likeness (QED) is 0.561. The number of carboxylic acids is 1. The number of amides is 1. The Morgan fingerprint density at radius 1 is 1.35 bits per heavy atom. The van der Waals surface area contributed by atoms with Crippen molar-refractivity contribution >= 4 is 11.9 Å². The van der Waals surface area contributed by atoms with E-state index in [-0.39, 0.29) is 31.9 Å². The second-order valence-electron chi connectivity index (χ2n) is 4.82. The number of rotatable bonds is 8. The molecule has 1 amide bonds. The first-order valence-electron chi connectivity index (χ1n) is 5.42. The average molecular weight is 247 g/mol. The van der Waals surface area contributed by atoms with Crippen molar-refractivity contribution in [1.82, 2.24) is 5.32 Å². The van der Waals surface area contributed by atoms with Crippen LogP contribution in [0.3, 0.4) is 0 Å². The zero-order chi connectivity index (χ0) is 13.5. The molecule has 3 N–H and O–H groups in total. The largest absolute Gasteiger partial charge is 0.481 e. The van der Waals surface area contributed by atoms with Gasteiger partial charge in [-0.3, -0.25) is 9.59 Å². The molecular weight excluding hydrogens is 226 g/mol. The summed E-state index contributed by atoms with van der Waals surface area (Å²) in [5.74, 6) is -1.20. The van der Waals surface area contributed by atoms with Crippen molar-refractivity contribution in [3.8, 4) is 0 Å². The summed E-state index contributed by atoms with van der Waals surface area (Å²) in [6, 6.07) is 0. The van der Waals surface area contributed by atoms with E-state index in [4.69, 9.17) is 9.84 Å². The van der Waals surface area contributed by atoms with Gasteiger partial charge < -0.3 is 20.3 Å². The van der Waals surface area contributed by atoms with Gasteiger partial charge in [-0.1, -0.05) is 13.8 Å². The number of carbonyl (C=O) groups is 2. The van der Waals surface area contributed by atoms with Crippen LogP contribution in [0.5, 0.6) is 0 Å². The molecule has 0 saturated carbocycles. The Morgan fingerprint density at radius 2 is 1.94 bits per heavy atom. The fourth-order valence-electron chi connectivity index (χ4n) is 1.45. The van der Waals surface area contributed by atoms with Crippen molar-refractivity contribution in [2.45, 2.75) is 32.8 Å². The molecule has 6 nitrogen and oxygen atoms in total. The highest BCUT2D eigenvalue weighted by Gasteiger charge is 2.25. The van der Waals surface area contributed by atoms with Gasteiger partial charge in [0.25, 0.3) is 0 Å². The first-order valence-corrected chi connectivity index (χ1v) is 5.42. The standard InChI is InChI=1S/C11H21NO5/c1-11(2,5-10(15)16)4-9(14)12-6-8(13)7-17-3/h8,13H,4-7H2,1-3H3,(H,12,14)(H,15,16). The third-order valence-electron chi connectivity index (χ3n) is 2.16. The van der Waals surface area contributed by atoms with Crippen molar-refractivity contribution in [2.24, 2.45) is 5.41 Å². The minimum atomic E-state index is -0.929. The number of hydrogen-bond donors (Lipinski definition) is 3. The minimum absolute atomic E-state index is 0.0684. The molecule has 0 spiro atoms. The van der Waals surface area contributed by atoms with Crippen LogP contribution in [0, 0.1) is 5.41 Å². The van der Waals surface area contributed by atoms with E-state index in [0.29, 0.717) is 0 Å². The topological polar surface area (TPSA) is 95.9 Å². The van der Waals surface area contributed by atoms with Gasteiger partial charge in [0.05, 0.1) is 19.1 Å². The smallest absolute Gasteiger partial charge is 0.303 e. The van der Waals surface area contributed by atoms with Gasteiger partial charge in [0.15, 0.2) is 0 Å². The highest BCUT2D eigenvalue weighted by molar-refractivity contribution is 5.77. The number of methoxy groups -OCH3 is 1. The number of aliphatic hydroxyl groups excluding tert-OH is 1. The Balaban J connectivity index is 3.96. The second kappa shape index (κ2) is 7.24. The van der Waals surface area contributed by atoms with Crippen LogP contribution in [-0.2, 0) is 14.3 Å². The molecular formula is C11H21NO5. The van der Waals surface area contributed by atoms with E-state index in [9.17, 15) is 14.7 Å². The van der Waals surface area contributed by atoms with E-state index in [1.54, 1.807) is 13.8 Å². The maximum absolute atomic E-state index is 11.5. The van der Waals surface area contributed by atoms with Crippen LogP contribution in [-0.4, -0.2) is 48.5 Å². The van der Waals surface area contributed by atoms with E-state index in [0.717, 1.165) is 0 Å². The molecule has 0 heterocycles. The molecule has 6 heteroatoms. The fourth-order valence-corrected chi connectivity index (χ4v) is 1.45. The van der Waals surface area contributed by atoms with Gasteiger partial charge >= 0.3 is 5.97 Å². The molecule has 0 bridgehead atoms. The van der Waals surface area contributed by atoms with Gasteiger partial charge in [-0.25, -0.2) is 0 Å². The molecule has 0 fully saturated rings. The van der Waals surface area contributed by atoms with Crippen LogP contribution < -0.4 is 5.32 Å². The summed E-state index contributed by atoms with van der Waals surface area (Å²) in [5, 5.41) is 20.5. The van der Waals surface area contributed by atoms with Crippen LogP contribution in [0.25, 0.3) is 0 Å². The lowest BCUT2D eigenvalue weighted by molar-refractivity contribution is -0.139. The summed E-state index contributed by atoms with van der Waals surface area (Å²) >= 11 is 0. The molecule has 0 rings (SSSR count). The van der Waals surface area contributed by atoms with Gasteiger partial charge in [0.2, 0.25) is 5.91 Å². The minimum Gasteiger partial charge on any atom is -0.481 e. The number of ether oxygens (including phenoxy) is 1. The number of aliphatic hydroxyl groups is 1. The van der Waals surface area contributed by atoms with Crippen LogP contribution >= 0.6 is 0 Å². The summed E-state index contributed by atoms with van der Waals surface area (Å²) in [5.41, 5.74) is -0.595. The highest BCUT2D eigenvalue weighted by atomic mass is 16.5. The van der Waals surface area contributed by atoms with Gasteiger partial charge in [0, 0.05) is 20.1 Å². The van der Waals surface area contributed by atoms with Crippen molar-refractivity contribution in [1.29, 1.82) is 0 Å². The molecule has 1 atom stereocenters. The molecule has 0 aliphatic rings. The third-order valence-corrected chi connectivity index (χ3v) is 2.16. The molecule has 0 aromatic carbocycles. The Kier molecular flexibility index (Phi) is 6.75. The molecule has 17 heavy (non-hydrogen) atoms. The zero-order valence-electron chi connectivity index (χ0n) is 10.5. The van der Waals surface area contributed by atoms with Gasteiger partial charge in [-0.05, 0) is 5.41 Å². The second-order valence-corrected chi connectivity index (χ2v) is 4.82. The maximum atomic E-state index is 11.5. The Labute approximate surface area is 101 Å². The lowest BCUT2D eigenvalue weighted by atomic mass is 9.85. The first-order chi connectivity index (χ1) is 7.76. The monoisotopic (exact) mass is 247 g/mol. The molecule has 100 valence electrons. The Bertz CT molecular complexity index is 265. The van der Waals surface area contributed by atoms with Gasteiger partial charge in [-0.2, -0.15) is 0 Å². The number of carboxylic acid groups (broad SMARTS) is 1. The molecule has 0 aliphatic heterocycles. The van der Waals surface area contributed by atoms with E-state index in [2.05, 4.69) is 5.32 Å². The van der Waals surface area contributed by atoms with Crippen LogP contribution in [0.1, 0.15) is 26.7 Å². The molecule has 0 saturated heterocycles. The average Bonchev–Trinajstić information content (AvgIpc) is 2.12. The summed E-state index contributed by atoms with van der Waals surface area (Å²) in [6.45, 7) is 3.69. The zero-order valence-corrected chi connectivity index (χ0v) is 10.5. The van der Waals surface area contributed by atoms with E-state index in [1.807, 2.05) is 0 Å². The summed E-state index contributed by atoms with van der Waals surface area (Å²) in [4.78, 5) is 22.1. The predicted octanol–water partition coefficient (Wildman–Crippen LogP) is 0.000900. The van der Waals surface area contributed by atoms with Gasteiger partial charge in [0.1, 0.15) is 0 Å². The van der Waals surface area contributed by atoms with Crippen molar-refractivity contribution in [3.63, 3.8) is 0 Å². The Morgan fingerprint density at radius 3 is 2.41 bits per heavy atom. The van der Waals surface area contributed by atoms with E-state index >= 15 is 0 Å². The fraction of sp³-hybridized carbons (Fsp3) is 0.818. The first kappa shape index (κ1) is 15.9. The van der Waals surface area contributed by atoms with E-state index in [1.165, 1.54) is 7.11 Å². The molecule has 1 unspecified atom stereocenters. The molecule has 0 aromatic heterocycles. The predicted molar refractivity (Wildman–Crippen MR) is 61.5 cm³/mol. The lowest BCUT2D eigenvalue weighted by Crippen LogP contribution is -2.36. The van der Waals surface area contributed by atoms with Crippen molar-refractivity contribution in [3.05, 3.63) is 0 Å². The van der Waals surface area contributed by atoms with Gasteiger partial charge in [-0.15, -0.1) is 0 Å². The molecule has 0 aromatic rings. The van der Waals surface area contributed by atoms with Crippen molar-refractivity contribution in [2.75, 3.05) is 20.3 Å². The van der Waals surface area contributed by atoms with Crippen LogP contribution in [0.15, 0.2) is 0 Å². The maximum Gasteiger partial charge on any atom is 0.303 e. The van der Waals surface area contributed by atoms with Crippen LogP contribution in [0.2, 0.25) is 0 Å². The summed E-state index contributed by atoms with van der Waals surface area (Å²) in [7, 11) is 1.46. The summed E-state index contributed by atoms with van der Waals surface area (Å²) < 4.78 is 4.71. The lowest BCUT2D eigenvalue weighted by Gasteiger charge is -2.21. The number of nitrogens with one attached hydrogen (secondary N) is 1. The number of carbonyl (C=O) groups excluding carboxylic acids is 1. The van der Waals surface area contributed by atoms with Crippen LogP contribution in [0.4, 0.5) is 0 Å². The molecule has 0 radical (unpaired) electrons. The SMILES string of the molecule is COCC(O)CNC(=O)CC(C)(C)CC(=O)O. The third kappa shape index (κ3) is 8.65. The molecule has 0 aliphatic carbocycles. The normalized spacial score (nSPS) is 13.2. The number of hydrogen-bond acceptors (Lipinski definition) is 4. The summed E-state index contributed by atoms with van der Waals surface area (Å²) in [6.07, 6.45) is -0.702. The Hall–Kier alpha value is -1.14. The van der Waals surface area contributed by atoms with Crippen molar-refractivity contribution < 1.29 is 24.5 Å². The van der Waals surface area contributed by atoms with E-state index < -0.39 is 17.5 Å².